The van der Waals surface area contributed by atoms with E-state index in [1.807, 2.05) is 12.3 Å². The molecule has 3 aliphatic rings. The molecule has 0 aliphatic carbocycles. The SMILES string of the molecule is Cl.Cl.O=C(O)CCCN1CCC(N2CCCC(Nc3nccc(N4CCCCCC4)n3)C2)CC1. The molecule has 0 radical (unpaired) electrons. The number of carboxylic acid groups (broad SMARTS) is 1. The van der Waals surface area contributed by atoms with Crippen molar-refractivity contribution in [3.05, 3.63) is 12.3 Å². The Hall–Kier alpha value is -1.35. The van der Waals surface area contributed by atoms with Crippen molar-refractivity contribution in [2.24, 2.45) is 0 Å². The topological polar surface area (TPSA) is 84.8 Å². The van der Waals surface area contributed by atoms with E-state index in [2.05, 4.69) is 25.0 Å². The molecule has 1 aromatic rings. The van der Waals surface area contributed by atoms with Crippen LogP contribution in [0.2, 0.25) is 0 Å². The number of halogens is 2. The molecule has 4 heterocycles. The Labute approximate surface area is 216 Å². The third-order valence-electron chi connectivity index (χ3n) is 7.30. The number of nitrogens with zero attached hydrogens (tertiary/aromatic N) is 5. The molecule has 1 unspecified atom stereocenters. The second-order valence-electron chi connectivity index (χ2n) is 9.69. The minimum atomic E-state index is -0.687. The fourth-order valence-corrected chi connectivity index (χ4v) is 5.50. The van der Waals surface area contributed by atoms with Crippen molar-refractivity contribution in [1.82, 2.24) is 19.8 Å². The molecule has 1 atom stereocenters. The largest absolute Gasteiger partial charge is 0.481 e. The van der Waals surface area contributed by atoms with Gasteiger partial charge in [-0.1, -0.05) is 12.8 Å². The van der Waals surface area contributed by atoms with Crippen LogP contribution in [0, 0.1) is 0 Å². The maximum absolute atomic E-state index is 10.7. The van der Waals surface area contributed by atoms with Gasteiger partial charge < -0.3 is 20.2 Å². The summed E-state index contributed by atoms with van der Waals surface area (Å²) in [5.41, 5.74) is 0. The lowest BCUT2D eigenvalue weighted by Crippen LogP contribution is -2.51. The van der Waals surface area contributed by atoms with Crippen LogP contribution in [0.1, 0.15) is 64.2 Å². The summed E-state index contributed by atoms with van der Waals surface area (Å²) in [6, 6.07) is 3.09. The second-order valence-corrected chi connectivity index (χ2v) is 9.69. The van der Waals surface area contributed by atoms with Crippen LogP contribution in [0.4, 0.5) is 11.8 Å². The summed E-state index contributed by atoms with van der Waals surface area (Å²) in [6.07, 6.45) is 12.8. The van der Waals surface area contributed by atoms with Gasteiger partial charge in [0, 0.05) is 44.3 Å². The van der Waals surface area contributed by atoms with E-state index in [1.54, 1.807) is 0 Å². The Balaban J connectivity index is 0.00000204. The van der Waals surface area contributed by atoms with Crippen molar-refractivity contribution in [2.75, 3.05) is 56.0 Å². The quantitative estimate of drug-likeness (QED) is 0.537. The van der Waals surface area contributed by atoms with Gasteiger partial charge in [0.05, 0.1) is 0 Å². The molecule has 2 N–H and O–H groups in total. The smallest absolute Gasteiger partial charge is 0.303 e. The molecule has 34 heavy (non-hydrogen) atoms. The fraction of sp³-hybridized carbons (Fsp3) is 0.792. The Kier molecular flexibility index (Phi) is 12.7. The number of piperidine rings is 2. The molecule has 0 aromatic carbocycles. The second kappa shape index (κ2) is 14.9. The molecule has 3 fully saturated rings. The van der Waals surface area contributed by atoms with Gasteiger partial charge in [0.1, 0.15) is 5.82 Å². The third kappa shape index (κ3) is 8.70. The van der Waals surface area contributed by atoms with Gasteiger partial charge in [-0.05, 0) is 77.2 Å². The normalized spacial score (nSPS) is 22.8. The van der Waals surface area contributed by atoms with Crippen molar-refractivity contribution in [3.63, 3.8) is 0 Å². The molecule has 0 amide bonds. The van der Waals surface area contributed by atoms with Crippen molar-refractivity contribution >= 4 is 42.5 Å². The van der Waals surface area contributed by atoms with Gasteiger partial charge in [-0.3, -0.25) is 9.69 Å². The Bertz CT molecular complexity index is 727. The van der Waals surface area contributed by atoms with Gasteiger partial charge in [-0.15, -0.1) is 24.8 Å². The molecular formula is C24H42Cl2N6O2. The van der Waals surface area contributed by atoms with E-state index in [4.69, 9.17) is 10.1 Å². The lowest BCUT2D eigenvalue weighted by molar-refractivity contribution is -0.137. The van der Waals surface area contributed by atoms with E-state index in [0.717, 1.165) is 57.5 Å². The van der Waals surface area contributed by atoms with E-state index in [-0.39, 0.29) is 31.2 Å². The molecule has 10 heteroatoms. The van der Waals surface area contributed by atoms with Gasteiger partial charge in [0.15, 0.2) is 0 Å². The number of rotatable bonds is 8. The minimum Gasteiger partial charge on any atom is -0.481 e. The molecule has 8 nitrogen and oxygen atoms in total. The molecule has 0 saturated carbocycles. The Morgan fingerprint density at radius 1 is 1.00 bits per heavy atom. The predicted octanol–water partition coefficient (Wildman–Crippen LogP) is 3.91. The zero-order chi connectivity index (χ0) is 22.2. The minimum absolute atomic E-state index is 0. The number of aliphatic carboxylic acids is 1. The maximum Gasteiger partial charge on any atom is 0.303 e. The van der Waals surface area contributed by atoms with Crippen molar-refractivity contribution in [2.45, 2.75) is 76.3 Å². The lowest BCUT2D eigenvalue weighted by Gasteiger charge is -2.42. The van der Waals surface area contributed by atoms with Crippen LogP contribution >= 0.6 is 24.8 Å². The zero-order valence-corrected chi connectivity index (χ0v) is 21.9. The summed E-state index contributed by atoms with van der Waals surface area (Å²) in [5, 5.41) is 12.5. The molecule has 194 valence electrons. The number of anilines is 2. The number of nitrogens with one attached hydrogen (secondary N) is 1. The van der Waals surface area contributed by atoms with Crippen LogP contribution < -0.4 is 10.2 Å². The summed E-state index contributed by atoms with van der Waals surface area (Å²) in [4.78, 5) is 27.6. The molecule has 4 rings (SSSR count). The van der Waals surface area contributed by atoms with Crippen molar-refractivity contribution in [1.29, 1.82) is 0 Å². The van der Waals surface area contributed by atoms with Crippen molar-refractivity contribution < 1.29 is 9.90 Å². The fourth-order valence-electron chi connectivity index (χ4n) is 5.50. The summed E-state index contributed by atoms with van der Waals surface area (Å²) in [6.45, 7) is 7.51. The van der Waals surface area contributed by atoms with Crippen LogP contribution in [-0.2, 0) is 4.79 Å². The number of likely N-dealkylation sites (tertiary alicyclic amines) is 2. The Morgan fingerprint density at radius 3 is 2.44 bits per heavy atom. The van der Waals surface area contributed by atoms with Crippen LogP contribution in [0.25, 0.3) is 0 Å². The predicted molar refractivity (Wildman–Crippen MR) is 142 cm³/mol. The van der Waals surface area contributed by atoms with E-state index in [1.165, 1.54) is 57.9 Å². The highest BCUT2D eigenvalue weighted by Crippen LogP contribution is 2.23. The average Bonchev–Trinajstić information content (AvgIpc) is 3.09. The van der Waals surface area contributed by atoms with E-state index >= 15 is 0 Å². The van der Waals surface area contributed by atoms with Crippen molar-refractivity contribution in [3.8, 4) is 0 Å². The molecule has 1 aromatic heterocycles. The maximum atomic E-state index is 10.7. The monoisotopic (exact) mass is 516 g/mol. The molecule has 0 bridgehead atoms. The van der Waals surface area contributed by atoms with E-state index in [9.17, 15) is 4.79 Å². The highest BCUT2D eigenvalue weighted by molar-refractivity contribution is 5.85. The third-order valence-corrected chi connectivity index (χ3v) is 7.30. The van der Waals surface area contributed by atoms with Crippen LogP contribution in [0.5, 0.6) is 0 Å². The zero-order valence-electron chi connectivity index (χ0n) is 20.2. The summed E-state index contributed by atoms with van der Waals surface area (Å²) in [7, 11) is 0. The summed E-state index contributed by atoms with van der Waals surface area (Å²) < 4.78 is 0. The number of carbonyl (C=O) groups is 1. The number of hydrogen-bond donors (Lipinski definition) is 2. The Morgan fingerprint density at radius 2 is 1.74 bits per heavy atom. The lowest BCUT2D eigenvalue weighted by atomic mass is 9.98. The van der Waals surface area contributed by atoms with Crippen LogP contribution in [-0.4, -0.2) is 88.7 Å². The van der Waals surface area contributed by atoms with E-state index < -0.39 is 5.97 Å². The molecule has 3 aliphatic heterocycles. The standard InChI is InChI=1S/C24H40N6O2.2ClH/c31-23(32)8-6-13-28-17-10-21(11-18-28)30-16-5-7-20(19-30)26-24-25-12-9-22(27-24)29-14-3-1-2-4-15-29;;/h9,12,20-21H,1-8,10-11,13-19H2,(H,31,32)(H,25,26,27);2*1H. The first-order valence-electron chi connectivity index (χ1n) is 12.7. The van der Waals surface area contributed by atoms with E-state index in [0.29, 0.717) is 12.1 Å². The average molecular weight is 518 g/mol. The first kappa shape index (κ1) is 28.9. The first-order chi connectivity index (χ1) is 15.7. The summed E-state index contributed by atoms with van der Waals surface area (Å²) >= 11 is 0. The molecular weight excluding hydrogens is 475 g/mol. The van der Waals surface area contributed by atoms with Gasteiger partial charge >= 0.3 is 5.97 Å². The first-order valence-corrected chi connectivity index (χ1v) is 12.7. The number of aromatic nitrogens is 2. The highest BCUT2D eigenvalue weighted by atomic mass is 35.5. The summed E-state index contributed by atoms with van der Waals surface area (Å²) in [5.74, 6) is 1.15. The molecule has 0 spiro atoms. The van der Waals surface area contributed by atoms with Crippen LogP contribution in [0.15, 0.2) is 12.3 Å². The van der Waals surface area contributed by atoms with Crippen LogP contribution in [0.3, 0.4) is 0 Å². The van der Waals surface area contributed by atoms with Gasteiger partial charge in [-0.25, -0.2) is 4.98 Å². The molecule has 3 saturated heterocycles. The van der Waals surface area contributed by atoms with Gasteiger partial charge in [0.2, 0.25) is 5.95 Å². The van der Waals surface area contributed by atoms with Gasteiger partial charge in [-0.2, -0.15) is 4.98 Å². The number of hydrogen-bond acceptors (Lipinski definition) is 7. The highest BCUT2D eigenvalue weighted by Gasteiger charge is 2.29. The number of carboxylic acids is 1. The van der Waals surface area contributed by atoms with Gasteiger partial charge in [0.25, 0.3) is 0 Å².